The summed E-state index contributed by atoms with van der Waals surface area (Å²) < 4.78 is 16.5. The van der Waals surface area contributed by atoms with Crippen LogP contribution in [0.4, 0.5) is 10.5 Å². The van der Waals surface area contributed by atoms with Gasteiger partial charge in [0.05, 0.1) is 19.9 Å². The Labute approximate surface area is 202 Å². The predicted molar refractivity (Wildman–Crippen MR) is 131 cm³/mol. The van der Waals surface area contributed by atoms with Gasteiger partial charge in [0, 0.05) is 0 Å². The average molecular weight is 472 g/mol. The summed E-state index contributed by atoms with van der Waals surface area (Å²) in [6.45, 7) is 2.37. The van der Waals surface area contributed by atoms with E-state index in [2.05, 4.69) is 5.32 Å². The van der Waals surface area contributed by atoms with E-state index in [0.29, 0.717) is 35.1 Å². The Kier molecular flexibility index (Phi) is 6.82. The molecule has 4 amide bonds. The van der Waals surface area contributed by atoms with Crippen molar-refractivity contribution in [3.63, 3.8) is 0 Å². The number of benzene rings is 3. The van der Waals surface area contributed by atoms with Crippen LogP contribution in [-0.2, 0) is 16.2 Å². The molecular formula is C27H24N2O6. The molecule has 0 aliphatic carbocycles. The van der Waals surface area contributed by atoms with Gasteiger partial charge in [0.2, 0.25) is 0 Å². The van der Waals surface area contributed by atoms with Crippen LogP contribution in [0.15, 0.2) is 72.3 Å². The zero-order chi connectivity index (χ0) is 24.9. The second-order valence-electron chi connectivity index (χ2n) is 7.84. The molecule has 178 valence electrons. The summed E-state index contributed by atoms with van der Waals surface area (Å²) in [5.41, 5.74) is 2.82. The van der Waals surface area contributed by atoms with Gasteiger partial charge in [-0.1, -0.05) is 35.9 Å². The number of nitrogens with zero attached hydrogens (tertiary/aromatic N) is 1. The minimum absolute atomic E-state index is 0.184. The largest absolute Gasteiger partial charge is 0.497 e. The molecule has 0 aromatic heterocycles. The summed E-state index contributed by atoms with van der Waals surface area (Å²) in [5.74, 6) is 0.0257. The van der Waals surface area contributed by atoms with E-state index in [-0.39, 0.29) is 5.57 Å². The molecule has 1 fully saturated rings. The van der Waals surface area contributed by atoms with Crippen LogP contribution >= 0.6 is 0 Å². The standard InChI is InChI=1S/C27H24N2O6/c1-17-5-4-6-19(13-17)16-35-23-12-7-18(15-24(23)34-3)14-22-25(30)28-27(32)29(26(22)31)20-8-10-21(33-2)11-9-20/h4-15H,16H2,1-3H3,(H,28,30,32)/b22-14+. The van der Waals surface area contributed by atoms with Crippen molar-refractivity contribution in [3.05, 3.63) is 89.0 Å². The number of hydrogen-bond donors (Lipinski definition) is 1. The number of aryl methyl sites for hydroxylation is 1. The Balaban J connectivity index is 1.58. The topological polar surface area (TPSA) is 94.2 Å². The lowest BCUT2D eigenvalue weighted by Gasteiger charge is -2.26. The fraction of sp³-hybridized carbons (Fsp3) is 0.148. The molecule has 1 saturated heterocycles. The van der Waals surface area contributed by atoms with Gasteiger partial charge in [-0.05, 0) is 60.5 Å². The van der Waals surface area contributed by atoms with Crippen LogP contribution in [0.5, 0.6) is 17.2 Å². The van der Waals surface area contributed by atoms with Crippen molar-refractivity contribution in [1.29, 1.82) is 0 Å². The van der Waals surface area contributed by atoms with Gasteiger partial charge >= 0.3 is 6.03 Å². The fourth-order valence-electron chi connectivity index (χ4n) is 3.65. The van der Waals surface area contributed by atoms with E-state index in [9.17, 15) is 14.4 Å². The third-order valence-electron chi connectivity index (χ3n) is 5.41. The number of methoxy groups -OCH3 is 2. The number of imide groups is 2. The SMILES string of the molecule is COc1ccc(N2C(=O)NC(=O)/C(=C\c3ccc(OCc4cccc(C)c4)c(OC)c3)C2=O)cc1. The van der Waals surface area contributed by atoms with Crippen LogP contribution in [0.1, 0.15) is 16.7 Å². The molecule has 1 heterocycles. The zero-order valence-electron chi connectivity index (χ0n) is 19.5. The Morgan fingerprint density at radius 1 is 0.886 bits per heavy atom. The lowest BCUT2D eigenvalue weighted by atomic mass is 10.1. The molecule has 0 bridgehead atoms. The Bertz CT molecular complexity index is 1310. The smallest absolute Gasteiger partial charge is 0.335 e. The summed E-state index contributed by atoms with van der Waals surface area (Å²) in [4.78, 5) is 38.9. The van der Waals surface area contributed by atoms with Crippen molar-refractivity contribution >= 4 is 29.6 Å². The van der Waals surface area contributed by atoms with Gasteiger partial charge in [0.1, 0.15) is 17.9 Å². The predicted octanol–water partition coefficient (Wildman–Crippen LogP) is 4.26. The summed E-state index contributed by atoms with van der Waals surface area (Å²) >= 11 is 0. The molecule has 0 atom stereocenters. The Morgan fingerprint density at radius 3 is 2.34 bits per heavy atom. The zero-order valence-corrected chi connectivity index (χ0v) is 19.5. The van der Waals surface area contributed by atoms with Gasteiger partial charge in [-0.3, -0.25) is 14.9 Å². The highest BCUT2D eigenvalue weighted by atomic mass is 16.5. The number of anilines is 1. The van der Waals surface area contributed by atoms with Crippen molar-refractivity contribution < 1.29 is 28.6 Å². The molecule has 0 spiro atoms. The van der Waals surface area contributed by atoms with Gasteiger partial charge in [0.25, 0.3) is 11.8 Å². The lowest BCUT2D eigenvalue weighted by molar-refractivity contribution is -0.122. The number of ether oxygens (including phenoxy) is 3. The summed E-state index contributed by atoms with van der Waals surface area (Å²) in [6, 6.07) is 18.6. The van der Waals surface area contributed by atoms with Gasteiger partial charge in [-0.15, -0.1) is 0 Å². The highest BCUT2D eigenvalue weighted by Gasteiger charge is 2.36. The minimum Gasteiger partial charge on any atom is -0.497 e. The fourth-order valence-corrected chi connectivity index (χ4v) is 3.65. The minimum atomic E-state index is -0.820. The van der Waals surface area contributed by atoms with Crippen LogP contribution in [0.2, 0.25) is 0 Å². The molecule has 1 aliphatic heterocycles. The number of barbiturate groups is 1. The summed E-state index contributed by atoms with van der Waals surface area (Å²) in [5, 5.41) is 2.21. The van der Waals surface area contributed by atoms with Crippen LogP contribution in [0.25, 0.3) is 6.08 Å². The lowest BCUT2D eigenvalue weighted by Crippen LogP contribution is -2.54. The molecule has 3 aromatic rings. The molecule has 8 heteroatoms. The second kappa shape index (κ2) is 10.1. The maximum atomic E-state index is 13.1. The number of carbonyl (C=O) groups is 3. The molecule has 0 saturated carbocycles. The van der Waals surface area contributed by atoms with Gasteiger partial charge < -0.3 is 14.2 Å². The van der Waals surface area contributed by atoms with Crippen molar-refractivity contribution in [1.82, 2.24) is 5.32 Å². The quantitative estimate of drug-likeness (QED) is 0.408. The van der Waals surface area contributed by atoms with E-state index in [4.69, 9.17) is 14.2 Å². The number of hydrogen-bond acceptors (Lipinski definition) is 6. The molecule has 0 radical (unpaired) electrons. The van der Waals surface area contributed by atoms with Gasteiger partial charge in [-0.2, -0.15) is 0 Å². The molecule has 4 rings (SSSR count). The Morgan fingerprint density at radius 2 is 1.66 bits per heavy atom. The summed E-state index contributed by atoms with van der Waals surface area (Å²) in [7, 11) is 3.02. The number of carbonyl (C=O) groups excluding carboxylic acids is 3. The number of urea groups is 1. The molecule has 0 unspecified atom stereocenters. The van der Waals surface area contributed by atoms with Gasteiger partial charge in [0.15, 0.2) is 11.5 Å². The van der Waals surface area contributed by atoms with Crippen LogP contribution in [0.3, 0.4) is 0 Å². The van der Waals surface area contributed by atoms with E-state index in [1.807, 2.05) is 31.2 Å². The maximum absolute atomic E-state index is 13.1. The van der Waals surface area contributed by atoms with E-state index >= 15 is 0 Å². The first-order valence-corrected chi connectivity index (χ1v) is 10.8. The number of nitrogens with one attached hydrogen (secondary N) is 1. The van der Waals surface area contributed by atoms with E-state index < -0.39 is 17.8 Å². The molecule has 3 aromatic carbocycles. The molecule has 8 nitrogen and oxygen atoms in total. The van der Waals surface area contributed by atoms with E-state index in [1.165, 1.54) is 20.3 Å². The summed E-state index contributed by atoms with van der Waals surface area (Å²) in [6.07, 6.45) is 1.41. The van der Waals surface area contributed by atoms with Crippen LogP contribution in [0, 0.1) is 6.92 Å². The van der Waals surface area contributed by atoms with Crippen LogP contribution < -0.4 is 24.4 Å². The van der Waals surface area contributed by atoms with Crippen molar-refractivity contribution in [3.8, 4) is 17.2 Å². The number of amides is 4. The molecule has 1 N–H and O–H groups in total. The number of rotatable bonds is 7. The Hall–Kier alpha value is -4.59. The first kappa shape index (κ1) is 23.6. The van der Waals surface area contributed by atoms with Crippen LogP contribution in [-0.4, -0.2) is 32.1 Å². The first-order valence-electron chi connectivity index (χ1n) is 10.8. The maximum Gasteiger partial charge on any atom is 0.335 e. The second-order valence-corrected chi connectivity index (χ2v) is 7.84. The van der Waals surface area contributed by atoms with Gasteiger partial charge in [-0.25, -0.2) is 9.69 Å². The van der Waals surface area contributed by atoms with Crippen molar-refractivity contribution in [2.24, 2.45) is 0 Å². The monoisotopic (exact) mass is 472 g/mol. The van der Waals surface area contributed by atoms with Crippen molar-refractivity contribution in [2.75, 3.05) is 19.1 Å². The molecular weight excluding hydrogens is 448 g/mol. The highest BCUT2D eigenvalue weighted by Crippen LogP contribution is 2.31. The normalized spacial score (nSPS) is 14.7. The first-order chi connectivity index (χ1) is 16.9. The van der Waals surface area contributed by atoms with E-state index in [0.717, 1.165) is 16.0 Å². The molecule has 35 heavy (non-hydrogen) atoms. The highest BCUT2D eigenvalue weighted by molar-refractivity contribution is 6.39. The molecule has 1 aliphatic rings. The average Bonchev–Trinajstić information content (AvgIpc) is 2.86. The third kappa shape index (κ3) is 5.16. The van der Waals surface area contributed by atoms with E-state index in [1.54, 1.807) is 42.5 Å². The third-order valence-corrected chi connectivity index (χ3v) is 5.41. The van der Waals surface area contributed by atoms with Crippen molar-refractivity contribution in [2.45, 2.75) is 13.5 Å².